The summed E-state index contributed by atoms with van der Waals surface area (Å²) in [4.78, 5) is 8.37. The van der Waals surface area contributed by atoms with Crippen molar-refractivity contribution in [1.82, 2.24) is 4.98 Å². The van der Waals surface area contributed by atoms with Crippen molar-refractivity contribution in [3.05, 3.63) is 222 Å². The third-order valence-electron chi connectivity index (χ3n) is 9.83. The van der Waals surface area contributed by atoms with Crippen LogP contribution in [-0.4, -0.2) is 6.21 Å². The van der Waals surface area contributed by atoms with Crippen LogP contribution in [0.15, 0.2) is 210 Å². The van der Waals surface area contributed by atoms with E-state index in [0.717, 1.165) is 27.4 Å². The number of ether oxygens (including phenoxy) is 1. The molecule has 0 saturated heterocycles. The summed E-state index contributed by atoms with van der Waals surface area (Å²) in [5, 5.41) is 7.81. The van der Waals surface area contributed by atoms with Crippen LogP contribution in [0.1, 0.15) is 30.7 Å². The molecule has 1 aliphatic heterocycles. The van der Waals surface area contributed by atoms with Gasteiger partial charge >= 0.3 is 17.1 Å². The zero-order chi connectivity index (χ0) is 38.3. The van der Waals surface area contributed by atoms with Crippen LogP contribution in [0, 0.1) is 0 Å². The number of hydrogen-bond acceptors (Lipinski definition) is 2. The molecule has 7 heteroatoms. The number of fused-ring (bicyclic) bond motifs is 2. The van der Waals surface area contributed by atoms with Crippen molar-refractivity contribution in [2.45, 2.75) is 19.3 Å². The molecule has 0 atom stereocenters. The molecule has 3 nitrogen and oxygen atoms in total. The van der Waals surface area contributed by atoms with Crippen molar-refractivity contribution in [2.24, 2.45) is 4.99 Å². The van der Waals surface area contributed by atoms with Gasteiger partial charge in [-0.15, -0.1) is 5.69 Å². The van der Waals surface area contributed by atoms with Crippen LogP contribution in [0.5, 0.6) is 11.5 Å². The third kappa shape index (κ3) is 9.00. The number of nitrogens with zero attached hydrogens (tertiary/aromatic N) is 2. The summed E-state index contributed by atoms with van der Waals surface area (Å²) >= 11 is 3.37. The zero-order valence-electron chi connectivity index (χ0n) is 31.5. The summed E-state index contributed by atoms with van der Waals surface area (Å²) in [6.45, 7) is 4.70. The second-order valence-electron chi connectivity index (χ2n) is 13.8. The van der Waals surface area contributed by atoms with Crippen LogP contribution in [0.3, 0.4) is 0 Å². The molecule has 0 amide bonds. The van der Waals surface area contributed by atoms with E-state index < -0.39 is 15.8 Å². The van der Waals surface area contributed by atoms with Crippen molar-refractivity contribution < 1.29 is 21.8 Å². The average Bonchev–Trinajstić information content (AvgIpc) is 3.77. The Morgan fingerprint density at radius 2 is 0.930 bits per heavy atom. The van der Waals surface area contributed by atoms with Crippen molar-refractivity contribution in [3.8, 4) is 11.5 Å². The molecule has 0 unspecified atom stereocenters. The van der Waals surface area contributed by atoms with E-state index in [-0.39, 0.29) is 22.5 Å². The molecule has 1 aliphatic rings. The van der Waals surface area contributed by atoms with Crippen LogP contribution in [0.2, 0.25) is 0 Å². The van der Waals surface area contributed by atoms with Gasteiger partial charge in [0.25, 0.3) is 0 Å². The minimum atomic E-state index is -0.824. The van der Waals surface area contributed by atoms with E-state index in [4.69, 9.17) is 4.74 Å². The first-order chi connectivity index (χ1) is 27.5. The molecule has 0 N–H and O–H groups in total. The molecule has 0 aliphatic carbocycles. The third-order valence-corrected chi connectivity index (χ3v) is 15.3. The summed E-state index contributed by atoms with van der Waals surface area (Å²) in [5.41, 5.74) is 4.07. The maximum atomic E-state index is 7.26. The number of halogens is 1. The summed E-state index contributed by atoms with van der Waals surface area (Å²) in [6.07, 6.45) is 3.51. The fraction of sp³-hybridized carbons (Fsp3) is 0.0600. The number of hydrogen-bond donors (Lipinski definition) is 0. The van der Waals surface area contributed by atoms with Crippen molar-refractivity contribution in [2.75, 3.05) is 0 Å². The van der Waals surface area contributed by atoms with Gasteiger partial charge in [-0.3, -0.25) is 4.99 Å². The Kier molecular flexibility index (Phi) is 13.2. The van der Waals surface area contributed by atoms with Crippen LogP contribution >= 0.6 is 31.8 Å². The molecule has 9 rings (SSSR count). The van der Waals surface area contributed by atoms with Gasteiger partial charge in [0.15, 0.2) is 0 Å². The number of para-hydroxylation sites is 2. The number of rotatable bonds is 8. The Balaban J connectivity index is 0.000000279. The van der Waals surface area contributed by atoms with Gasteiger partial charge in [-0.1, -0.05) is 200 Å². The molecule has 0 fully saturated rings. The summed E-state index contributed by atoms with van der Waals surface area (Å²) in [5.74, 6) is 2.02. The van der Waals surface area contributed by atoms with E-state index in [1.807, 2.05) is 36.4 Å². The number of benzene rings is 7. The van der Waals surface area contributed by atoms with E-state index in [0.29, 0.717) is 0 Å². The Hall–Kier alpha value is -4.85. The monoisotopic (exact) mass is 888 g/mol. The van der Waals surface area contributed by atoms with Gasteiger partial charge in [-0.25, -0.2) is 0 Å². The molecule has 284 valence electrons. The maximum Gasteiger partial charge on any atom is 1.00 e. The van der Waals surface area contributed by atoms with Crippen LogP contribution in [0.25, 0.3) is 0 Å². The zero-order valence-corrected chi connectivity index (χ0v) is 35.8. The summed E-state index contributed by atoms with van der Waals surface area (Å²) in [7, 11) is -1.65. The SMILES string of the molecule is Brc1ccc(N=Cc2ccc[n-]2)cc1.CC1(C)c2cccc(P(c3ccccc3)c3ccccc3)c2Oc2c(P(c3ccccc3)c3ccccc3)cccc21.[Cu+]. The summed E-state index contributed by atoms with van der Waals surface area (Å²) in [6, 6.07) is 68.8. The molecule has 8 aromatic rings. The van der Waals surface area contributed by atoms with Gasteiger partial charge in [0.1, 0.15) is 11.5 Å². The first-order valence-electron chi connectivity index (χ1n) is 18.6. The Bertz CT molecular complexity index is 2320. The molecule has 1 aromatic heterocycles. The number of aliphatic imine (C=N–C) groups is 1. The minimum absolute atomic E-state index is 0. The van der Waals surface area contributed by atoms with Crippen molar-refractivity contribution >= 4 is 75.5 Å². The van der Waals surface area contributed by atoms with E-state index in [2.05, 4.69) is 197 Å². The van der Waals surface area contributed by atoms with Crippen molar-refractivity contribution in [1.29, 1.82) is 0 Å². The molecular formula is C50H40BrCuN2OP2. The van der Waals surface area contributed by atoms with Crippen LogP contribution in [0.4, 0.5) is 5.69 Å². The average molecular weight is 890 g/mol. The molecule has 0 radical (unpaired) electrons. The molecule has 57 heavy (non-hydrogen) atoms. The largest absolute Gasteiger partial charge is 1.00 e. The second-order valence-corrected chi connectivity index (χ2v) is 19.1. The Morgan fingerprint density at radius 1 is 0.509 bits per heavy atom. The second kappa shape index (κ2) is 18.6. The molecule has 2 heterocycles. The molecule has 0 saturated carbocycles. The van der Waals surface area contributed by atoms with Crippen molar-refractivity contribution in [3.63, 3.8) is 0 Å². The topological polar surface area (TPSA) is 35.7 Å². The standard InChI is InChI=1S/C39H32OP2.C11H8BrN2.Cu/c1-39(2)33-25-15-27-35(41(29-17-7-3-8-18-29)30-19-9-4-10-20-30)37(33)40-38-34(39)26-16-28-36(38)42(31-21-11-5-12-22-31)32-23-13-6-14-24-32;12-9-3-5-10(6-4-9)14-8-11-2-1-7-13-11;/h3-28H,1-2H3;1-8H;/q;-1;+1. The van der Waals surface area contributed by atoms with Gasteiger partial charge in [0.2, 0.25) is 0 Å². The molecule has 0 bridgehead atoms. The predicted octanol–water partition coefficient (Wildman–Crippen LogP) is 10.8. The molecule has 0 spiro atoms. The van der Waals surface area contributed by atoms with Gasteiger partial charge in [-0.05, 0) is 61.3 Å². The maximum absolute atomic E-state index is 7.26. The minimum Gasteiger partial charge on any atom is -0.663 e. The van der Waals surface area contributed by atoms with Crippen LogP contribution < -0.4 is 41.5 Å². The number of aromatic nitrogens is 1. The van der Waals surface area contributed by atoms with Gasteiger partial charge in [-0.2, -0.15) is 6.20 Å². The predicted molar refractivity (Wildman–Crippen MR) is 244 cm³/mol. The fourth-order valence-corrected chi connectivity index (χ4v) is 12.1. The first-order valence-corrected chi connectivity index (χ1v) is 22.1. The Labute approximate surface area is 357 Å². The van der Waals surface area contributed by atoms with Gasteiger partial charge in [0, 0.05) is 37.8 Å². The molecular weight excluding hydrogens is 850 g/mol. The van der Waals surface area contributed by atoms with Crippen LogP contribution in [-0.2, 0) is 22.5 Å². The molecule has 7 aromatic carbocycles. The first kappa shape index (κ1) is 40.3. The van der Waals surface area contributed by atoms with E-state index in [9.17, 15) is 0 Å². The van der Waals surface area contributed by atoms with Gasteiger partial charge < -0.3 is 9.72 Å². The van der Waals surface area contributed by atoms with Gasteiger partial charge in [0.05, 0.1) is 5.69 Å². The Morgan fingerprint density at radius 3 is 1.32 bits per heavy atom. The summed E-state index contributed by atoms with van der Waals surface area (Å²) < 4.78 is 8.31. The van der Waals surface area contributed by atoms with E-state index >= 15 is 0 Å². The van der Waals surface area contributed by atoms with E-state index in [1.165, 1.54) is 43.0 Å². The van der Waals surface area contributed by atoms with E-state index in [1.54, 1.807) is 12.4 Å². The smallest absolute Gasteiger partial charge is 0.663 e. The quantitative estimate of drug-likeness (QED) is 0.0866. The fourth-order valence-electron chi connectivity index (χ4n) is 7.07. The normalized spacial score (nSPS) is 12.5.